The van der Waals surface area contributed by atoms with Crippen LogP contribution < -0.4 is 25.9 Å². The van der Waals surface area contributed by atoms with Crippen molar-refractivity contribution in [3.63, 3.8) is 0 Å². The molecular weight excluding hydrogens is 547 g/mol. The zero-order valence-corrected chi connectivity index (χ0v) is 24.7. The molecule has 0 saturated heterocycles. The number of para-hydroxylation sites is 2. The molecule has 212 valence electrons. The summed E-state index contributed by atoms with van der Waals surface area (Å²) in [6, 6.07) is 46.8. The summed E-state index contributed by atoms with van der Waals surface area (Å²) in [5.74, 6) is 3.44. The SMILES string of the molecule is C=C/C=C(\C=C)c1ccc(-c2cc(-c3ccc(-c4ccccc4)cc3)c3c4c2Oc2ccccc2B4c2ccccc2O3)cc1. The predicted molar refractivity (Wildman–Crippen MR) is 189 cm³/mol. The zero-order chi connectivity index (χ0) is 30.3. The summed E-state index contributed by atoms with van der Waals surface area (Å²) in [7, 11) is 0. The standard InChI is InChI=1S/C42H29BO2/c1-3-12-28(4-2)30-19-23-32(24-20-30)34-27-35(33-25-21-31(22-26-33)29-13-6-5-7-14-29)42-40-41(34)44-38-17-10-8-15-36(38)43(40)37-16-9-11-18-39(37)45-42/h3-27H,1-2H2/b28-12+. The largest absolute Gasteiger partial charge is 0.458 e. The quantitative estimate of drug-likeness (QED) is 0.145. The van der Waals surface area contributed by atoms with Gasteiger partial charge in [0.15, 0.2) is 0 Å². The van der Waals surface area contributed by atoms with Crippen LogP contribution in [-0.4, -0.2) is 6.71 Å². The highest BCUT2D eigenvalue weighted by Gasteiger charge is 2.42. The summed E-state index contributed by atoms with van der Waals surface area (Å²) in [5.41, 5.74) is 12.0. The first-order valence-corrected chi connectivity index (χ1v) is 15.2. The van der Waals surface area contributed by atoms with Crippen LogP contribution in [0.3, 0.4) is 0 Å². The van der Waals surface area contributed by atoms with Gasteiger partial charge in [-0.15, -0.1) is 0 Å². The second kappa shape index (κ2) is 11.0. The Labute approximate surface area is 264 Å². The molecule has 0 spiro atoms. The molecule has 0 aromatic heterocycles. The smallest absolute Gasteiger partial charge is 0.260 e. The summed E-state index contributed by atoms with van der Waals surface area (Å²) in [4.78, 5) is 0. The van der Waals surface area contributed by atoms with Gasteiger partial charge in [-0.3, -0.25) is 0 Å². The van der Waals surface area contributed by atoms with E-state index in [9.17, 15) is 0 Å². The van der Waals surface area contributed by atoms with E-state index >= 15 is 0 Å². The fourth-order valence-corrected chi connectivity index (χ4v) is 6.63. The highest BCUT2D eigenvalue weighted by atomic mass is 16.5. The summed E-state index contributed by atoms with van der Waals surface area (Å²) in [6.07, 6.45) is 5.62. The van der Waals surface area contributed by atoms with Gasteiger partial charge in [-0.2, -0.15) is 0 Å². The maximum Gasteiger partial charge on any atom is 0.260 e. The lowest BCUT2D eigenvalue weighted by atomic mass is 9.34. The Kier molecular flexibility index (Phi) is 6.58. The van der Waals surface area contributed by atoms with Crippen LogP contribution in [0.15, 0.2) is 165 Å². The summed E-state index contributed by atoms with van der Waals surface area (Å²) >= 11 is 0. The lowest BCUT2D eigenvalue weighted by Gasteiger charge is -2.35. The van der Waals surface area contributed by atoms with E-state index in [2.05, 4.69) is 128 Å². The van der Waals surface area contributed by atoms with Gasteiger partial charge in [0.2, 0.25) is 0 Å². The van der Waals surface area contributed by atoms with Crippen LogP contribution >= 0.6 is 0 Å². The van der Waals surface area contributed by atoms with Crippen LogP contribution in [0.25, 0.3) is 39.0 Å². The van der Waals surface area contributed by atoms with Crippen LogP contribution in [0.1, 0.15) is 5.56 Å². The van der Waals surface area contributed by atoms with E-state index in [1.54, 1.807) is 6.08 Å². The topological polar surface area (TPSA) is 18.5 Å². The Morgan fingerprint density at radius 2 is 1.02 bits per heavy atom. The van der Waals surface area contributed by atoms with Gasteiger partial charge in [0.25, 0.3) is 6.71 Å². The first-order chi connectivity index (χ1) is 22.2. The first kappa shape index (κ1) is 26.8. The molecule has 0 atom stereocenters. The molecule has 2 nitrogen and oxygen atoms in total. The molecule has 0 amide bonds. The van der Waals surface area contributed by atoms with Gasteiger partial charge < -0.3 is 9.47 Å². The van der Waals surface area contributed by atoms with E-state index in [1.807, 2.05) is 30.4 Å². The maximum absolute atomic E-state index is 6.81. The van der Waals surface area contributed by atoms with Crippen LogP contribution in [0.4, 0.5) is 0 Å². The van der Waals surface area contributed by atoms with Crippen molar-refractivity contribution in [2.24, 2.45) is 0 Å². The van der Waals surface area contributed by atoms with Gasteiger partial charge in [-0.05, 0) is 62.5 Å². The molecule has 8 rings (SSSR count). The van der Waals surface area contributed by atoms with E-state index in [4.69, 9.17) is 9.47 Å². The van der Waals surface area contributed by atoms with Crippen LogP contribution in [0, 0.1) is 0 Å². The molecule has 2 aliphatic heterocycles. The monoisotopic (exact) mass is 576 g/mol. The second-order valence-electron chi connectivity index (χ2n) is 11.3. The molecule has 45 heavy (non-hydrogen) atoms. The van der Waals surface area contributed by atoms with Crippen LogP contribution in [-0.2, 0) is 0 Å². The highest BCUT2D eigenvalue weighted by molar-refractivity contribution is 6.98. The molecule has 3 heteroatoms. The third-order valence-corrected chi connectivity index (χ3v) is 8.79. The molecule has 0 bridgehead atoms. The van der Waals surface area contributed by atoms with Crippen LogP contribution in [0.2, 0.25) is 0 Å². The van der Waals surface area contributed by atoms with Crippen molar-refractivity contribution < 1.29 is 9.47 Å². The third-order valence-electron chi connectivity index (χ3n) is 8.79. The molecule has 2 aliphatic rings. The number of rotatable bonds is 6. The van der Waals surface area contributed by atoms with Crippen molar-refractivity contribution >= 4 is 28.7 Å². The first-order valence-electron chi connectivity index (χ1n) is 15.2. The average Bonchev–Trinajstić information content (AvgIpc) is 3.11. The van der Waals surface area contributed by atoms with Gasteiger partial charge in [-0.1, -0.05) is 147 Å². The molecule has 0 N–H and O–H groups in total. The molecule has 2 heterocycles. The molecule has 0 unspecified atom stereocenters. The van der Waals surface area contributed by atoms with Crippen molar-refractivity contribution in [2.45, 2.75) is 0 Å². The lowest BCUT2D eigenvalue weighted by molar-refractivity contribution is 0.467. The van der Waals surface area contributed by atoms with Crippen molar-refractivity contribution in [3.8, 4) is 56.4 Å². The Hall–Kier alpha value is -5.80. The molecule has 0 fully saturated rings. The van der Waals surface area contributed by atoms with Gasteiger partial charge in [-0.25, -0.2) is 0 Å². The molecule has 6 aromatic rings. The summed E-state index contributed by atoms with van der Waals surface area (Å²) < 4.78 is 13.6. The molecular formula is C42H29BO2. The van der Waals surface area contributed by atoms with Crippen molar-refractivity contribution in [1.29, 1.82) is 0 Å². The number of allylic oxidation sites excluding steroid dienone is 4. The van der Waals surface area contributed by atoms with Gasteiger partial charge in [0.1, 0.15) is 23.0 Å². The average molecular weight is 577 g/mol. The van der Waals surface area contributed by atoms with Crippen molar-refractivity contribution in [3.05, 3.63) is 170 Å². The number of benzene rings is 6. The Morgan fingerprint density at radius 3 is 1.58 bits per heavy atom. The van der Waals surface area contributed by atoms with Crippen LogP contribution in [0.5, 0.6) is 23.0 Å². The molecule has 0 saturated carbocycles. The maximum atomic E-state index is 6.81. The molecule has 6 aromatic carbocycles. The normalized spacial score (nSPS) is 12.6. The Bertz CT molecular complexity index is 2110. The van der Waals surface area contributed by atoms with E-state index in [1.165, 1.54) is 11.1 Å². The number of ether oxygens (including phenoxy) is 2. The molecule has 0 aliphatic carbocycles. The number of hydrogen-bond donors (Lipinski definition) is 0. The van der Waals surface area contributed by atoms with E-state index < -0.39 is 0 Å². The summed E-state index contributed by atoms with van der Waals surface area (Å²) in [6.45, 7) is 7.83. The minimum atomic E-state index is -0.0191. The Balaban J connectivity index is 1.36. The Morgan fingerprint density at radius 1 is 0.533 bits per heavy atom. The minimum Gasteiger partial charge on any atom is -0.458 e. The fraction of sp³-hybridized carbons (Fsp3) is 0. The third kappa shape index (κ3) is 4.52. The van der Waals surface area contributed by atoms with Gasteiger partial charge in [0.05, 0.1) is 0 Å². The lowest BCUT2D eigenvalue weighted by Crippen LogP contribution is -2.57. The van der Waals surface area contributed by atoms with E-state index in [0.717, 1.165) is 72.8 Å². The van der Waals surface area contributed by atoms with E-state index in [0.29, 0.717) is 0 Å². The highest BCUT2D eigenvalue weighted by Crippen LogP contribution is 2.46. The minimum absolute atomic E-state index is 0.0191. The zero-order valence-electron chi connectivity index (χ0n) is 24.7. The van der Waals surface area contributed by atoms with Gasteiger partial charge in [0, 0.05) is 16.6 Å². The fourth-order valence-electron chi connectivity index (χ4n) is 6.63. The van der Waals surface area contributed by atoms with E-state index in [-0.39, 0.29) is 6.71 Å². The van der Waals surface area contributed by atoms with Crippen molar-refractivity contribution in [2.75, 3.05) is 0 Å². The number of fused-ring (bicyclic) bond motifs is 4. The van der Waals surface area contributed by atoms with Gasteiger partial charge >= 0.3 is 0 Å². The predicted octanol–water partition coefficient (Wildman–Crippen LogP) is 9.17. The molecule has 0 radical (unpaired) electrons. The summed E-state index contributed by atoms with van der Waals surface area (Å²) in [5, 5.41) is 0. The number of hydrogen-bond acceptors (Lipinski definition) is 2. The van der Waals surface area contributed by atoms with Crippen molar-refractivity contribution in [1.82, 2.24) is 0 Å². The second-order valence-corrected chi connectivity index (χ2v) is 11.3.